The molecule has 1 heterocycles. The molecule has 0 aromatic heterocycles. The van der Waals surface area contributed by atoms with Crippen LogP contribution in [0.15, 0.2) is 30.3 Å². The van der Waals surface area contributed by atoms with E-state index in [2.05, 4.69) is 5.32 Å². The Morgan fingerprint density at radius 1 is 1.04 bits per heavy atom. The maximum atomic E-state index is 12.8. The number of benzene rings is 1. The maximum Gasteiger partial charge on any atom is 0.254 e. The lowest BCUT2D eigenvalue weighted by Gasteiger charge is -2.35. The molecule has 0 spiro atoms. The number of likely N-dealkylation sites (tertiary alicyclic amines) is 1. The summed E-state index contributed by atoms with van der Waals surface area (Å²) in [5.74, 6) is 2.69. The fourth-order valence-electron chi connectivity index (χ4n) is 5.42. The van der Waals surface area contributed by atoms with Crippen molar-refractivity contribution in [1.82, 2.24) is 10.2 Å². The Morgan fingerprint density at radius 3 is 2.62 bits per heavy atom. The van der Waals surface area contributed by atoms with Gasteiger partial charge in [0, 0.05) is 18.7 Å². The molecule has 26 heavy (non-hydrogen) atoms. The third kappa shape index (κ3) is 3.65. The lowest BCUT2D eigenvalue weighted by molar-refractivity contribution is -0.126. The van der Waals surface area contributed by atoms with Crippen molar-refractivity contribution in [2.24, 2.45) is 17.8 Å². The van der Waals surface area contributed by atoms with E-state index in [4.69, 9.17) is 0 Å². The molecule has 4 atom stereocenters. The van der Waals surface area contributed by atoms with Gasteiger partial charge in [0.25, 0.3) is 5.91 Å². The van der Waals surface area contributed by atoms with Crippen LogP contribution in [0.2, 0.25) is 0 Å². The van der Waals surface area contributed by atoms with Gasteiger partial charge in [-0.2, -0.15) is 0 Å². The minimum Gasteiger partial charge on any atom is -0.354 e. The van der Waals surface area contributed by atoms with Gasteiger partial charge < -0.3 is 10.2 Å². The summed E-state index contributed by atoms with van der Waals surface area (Å²) in [6, 6.07) is 9.02. The molecule has 1 N–H and O–H groups in total. The van der Waals surface area contributed by atoms with Crippen molar-refractivity contribution in [3.8, 4) is 0 Å². The molecule has 0 radical (unpaired) electrons. The zero-order valence-corrected chi connectivity index (χ0v) is 15.5. The first-order valence-electron chi connectivity index (χ1n) is 10.4. The molecule has 4 nitrogen and oxygen atoms in total. The quantitative estimate of drug-likeness (QED) is 0.878. The Bertz CT molecular complexity index is 645. The molecule has 2 bridgehead atoms. The average molecular weight is 354 g/mol. The monoisotopic (exact) mass is 354 g/mol. The molecule has 0 unspecified atom stereocenters. The van der Waals surface area contributed by atoms with E-state index in [1.165, 1.54) is 25.7 Å². The molecule has 1 aliphatic heterocycles. The first-order valence-corrected chi connectivity index (χ1v) is 10.4. The highest BCUT2D eigenvalue weighted by Crippen LogP contribution is 2.49. The molecular formula is C22H30N2O2. The summed E-state index contributed by atoms with van der Waals surface area (Å²) in [4.78, 5) is 27.4. The summed E-state index contributed by atoms with van der Waals surface area (Å²) in [6.07, 6.45) is 9.47. The topological polar surface area (TPSA) is 49.4 Å². The molecule has 3 aliphatic rings. The molecule has 4 heteroatoms. The number of nitrogens with zero attached hydrogens (tertiary/aromatic N) is 1. The van der Waals surface area contributed by atoms with Crippen molar-refractivity contribution in [1.29, 1.82) is 0 Å². The number of carbonyl (C=O) groups is 2. The van der Waals surface area contributed by atoms with Crippen molar-refractivity contribution in [3.05, 3.63) is 35.9 Å². The Morgan fingerprint density at radius 2 is 1.88 bits per heavy atom. The van der Waals surface area contributed by atoms with Gasteiger partial charge in [0.1, 0.15) is 6.04 Å². The summed E-state index contributed by atoms with van der Waals surface area (Å²) < 4.78 is 0. The SMILES string of the molecule is O=C(NCC[C@H]1C[C@H]2CC[C@H]1C2)[C@@H]1CCCCN1C(=O)c1ccccc1. The molecule has 2 aliphatic carbocycles. The highest BCUT2D eigenvalue weighted by atomic mass is 16.2. The summed E-state index contributed by atoms with van der Waals surface area (Å²) in [7, 11) is 0. The molecule has 2 amide bonds. The van der Waals surface area contributed by atoms with E-state index >= 15 is 0 Å². The average Bonchev–Trinajstić information content (AvgIpc) is 3.31. The van der Waals surface area contributed by atoms with Gasteiger partial charge in [0.15, 0.2) is 0 Å². The van der Waals surface area contributed by atoms with Crippen LogP contribution < -0.4 is 5.32 Å². The van der Waals surface area contributed by atoms with E-state index in [9.17, 15) is 9.59 Å². The highest BCUT2D eigenvalue weighted by Gasteiger charge is 2.39. The molecule has 4 rings (SSSR count). The van der Waals surface area contributed by atoms with E-state index in [1.54, 1.807) is 4.90 Å². The zero-order chi connectivity index (χ0) is 17.9. The minimum absolute atomic E-state index is 0.0152. The second-order valence-electron chi connectivity index (χ2n) is 8.39. The second-order valence-corrected chi connectivity index (χ2v) is 8.39. The molecule has 3 fully saturated rings. The van der Waals surface area contributed by atoms with Crippen molar-refractivity contribution in [3.63, 3.8) is 0 Å². The number of piperidine rings is 1. The molecule has 1 saturated heterocycles. The van der Waals surface area contributed by atoms with Crippen LogP contribution in [0.3, 0.4) is 0 Å². The van der Waals surface area contributed by atoms with Crippen molar-refractivity contribution in [2.45, 2.75) is 57.4 Å². The number of amides is 2. The van der Waals surface area contributed by atoms with Crippen LogP contribution in [0.1, 0.15) is 61.7 Å². The molecule has 2 saturated carbocycles. The Labute approximate surface area is 156 Å². The van der Waals surface area contributed by atoms with Crippen molar-refractivity contribution in [2.75, 3.05) is 13.1 Å². The number of rotatable bonds is 5. The van der Waals surface area contributed by atoms with E-state index in [-0.39, 0.29) is 17.9 Å². The van der Waals surface area contributed by atoms with Gasteiger partial charge in [-0.05, 0) is 74.8 Å². The number of carbonyl (C=O) groups excluding carboxylic acids is 2. The van der Waals surface area contributed by atoms with Crippen LogP contribution in [0.4, 0.5) is 0 Å². The summed E-state index contributed by atoms with van der Waals surface area (Å²) in [6.45, 7) is 1.44. The predicted octanol–water partition coefficient (Wildman–Crippen LogP) is 3.62. The van der Waals surface area contributed by atoms with Crippen molar-refractivity contribution >= 4 is 11.8 Å². The largest absolute Gasteiger partial charge is 0.354 e. The van der Waals surface area contributed by atoms with E-state index in [1.807, 2.05) is 30.3 Å². The van der Waals surface area contributed by atoms with Gasteiger partial charge in [0.05, 0.1) is 0 Å². The van der Waals surface area contributed by atoms with Gasteiger partial charge in [-0.25, -0.2) is 0 Å². The second kappa shape index (κ2) is 7.81. The molecule has 1 aromatic carbocycles. The summed E-state index contributed by atoms with van der Waals surface area (Å²) in [5.41, 5.74) is 0.675. The zero-order valence-electron chi connectivity index (χ0n) is 15.5. The highest BCUT2D eigenvalue weighted by molar-refractivity contribution is 5.97. The maximum absolute atomic E-state index is 12.8. The lowest BCUT2D eigenvalue weighted by atomic mass is 9.86. The van der Waals surface area contributed by atoms with Gasteiger partial charge >= 0.3 is 0 Å². The molecular weight excluding hydrogens is 324 g/mol. The standard InChI is InChI=1S/C22H30N2O2/c25-21(23-12-11-19-15-16-9-10-18(19)14-16)20-8-4-5-13-24(20)22(26)17-6-2-1-3-7-17/h1-3,6-7,16,18-20H,4-5,8-15H2,(H,23,25)/t16-,18-,19-,20-/m0/s1. The van der Waals surface area contributed by atoms with E-state index in [0.29, 0.717) is 12.1 Å². The molecule has 140 valence electrons. The smallest absolute Gasteiger partial charge is 0.254 e. The number of hydrogen-bond acceptors (Lipinski definition) is 2. The van der Waals surface area contributed by atoms with Crippen molar-refractivity contribution < 1.29 is 9.59 Å². The summed E-state index contributed by atoms with van der Waals surface area (Å²) in [5, 5.41) is 3.14. The fourth-order valence-corrected chi connectivity index (χ4v) is 5.42. The lowest BCUT2D eigenvalue weighted by Crippen LogP contribution is -2.52. The van der Waals surface area contributed by atoms with E-state index < -0.39 is 0 Å². The van der Waals surface area contributed by atoms with Gasteiger partial charge in [0.2, 0.25) is 5.91 Å². The Balaban J connectivity index is 1.32. The van der Waals surface area contributed by atoms with Crippen LogP contribution >= 0.6 is 0 Å². The predicted molar refractivity (Wildman–Crippen MR) is 102 cm³/mol. The van der Waals surface area contributed by atoms with Crippen LogP contribution in [0, 0.1) is 17.8 Å². The van der Waals surface area contributed by atoms with Crippen LogP contribution in [0.5, 0.6) is 0 Å². The van der Waals surface area contributed by atoms with Crippen LogP contribution in [-0.4, -0.2) is 35.8 Å². The van der Waals surface area contributed by atoms with Gasteiger partial charge in [-0.15, -0.1) is 0 Å². The fraction of sp³-hybridized carbons (Fsp3) is 0.636. The Kier molecular flexibility index (Phi) is 5.28. The third-order valence-corrected chi connectivity index (χ3v) is 6.79. The van der Waals surface area contributed by atoms with Gasteiger partial charge in [-0.1, -0.05) is 24.6 Å². The normalized spacial score (nSPS) is 30.4. The molecule has 1 aromatic rings. The first kappa shape index (κ1) is 17.6. The summed E-state index contributed by atoms with van der Waals surface area (Å²) >= 11 is 0. The van der Waals surface area contributed by atoms with E-state index in [0.717, 1.165) is 50.0 Å². The first-order chi connectivity index (χ1) is 12.7. The number of fused-ring (bicyclic) bond motifs is 2. The van der Waals surface area contributed by atoms with Crippen LogP contribution in [0.25, 0.3) is 0 Å². The number of hydrogen-bond donors (Lipinski definition) is 1. The minimum atomic E-state index is -0.309. The Hall–Kier alpha value is -1.84. The van der Waals surface area contributed by atoms with Gasteiger partial charge in [-0.3, -0.25) is 9.59 Å². The number of nitrogens with one attached hydrogen (secondary N) is 1. The van der Waals surface area contributed by atoms with Crippen LogP contribution in [-0.2, 0) is 4.79 Å². The third-order valence-electron chi connectivity index (χ3n) is 6.79.